The topological polar surface area (TPSA) is 63.0 Å². The summed E-state index contributed by atoms with van der Waals surface area (Å²) in [6.07, 6.45) is 4.81. The molecule has 2 atom stereocenters. The van der Waals surface area contributed by atoms with Gasteiger partial charge in [-0.25, -0.2) is 9.50 Å². The maximum atomic E-state index is 12.8. The van der Waals surface area contributed by atoms with Crippen molar-refractivity contribution in [1.82, 2.24) is 24.4 Å². The molecule has 7 nitrogen and oxygen atoms in total. The molecular weight excluding hydrogens is 366 g/mol. The number of methoxy groups -OCH3 is 1. The first-order valence-electron chi connectivity index (χ1n) is 10.0. The minimum atomic E-state index is 0.113. The van der Waals surface area contributed by atoms with E-state index in [1.165, 1.54) is 5.69 Å². The van der Waals surface area contributed by atoms with Gasteiger partial charge < -0.3 is 14.5 Å². The average molecular weight is 391 g/mol. The normalized spacial score (nSPS) is 20.3. The van der Waals surface area contributed by atoms with Gasteiger partial charge in [0.05, 0.1) is 31.1 Å². The van der Waals surface area contributed by atoms with Crippen molar-refractivity contribution >= 4 is 11.6 Å². The molecule has 7 heteroatoms. The summed E-state index contributed by atoms with van der Waals surface area (Å²) in [5.41, 5.74) is 5.11. The highest BCUT2D eigenvalue weighted by Gasteiger charge is 2.43. The summed E-state index contributed by atoms with van der Waals surface area (Å²) in [6.45, 7) is 0.446. The summed E-state index contributed by atoms with van der Waals surface area (Å²) in [6, 6.07) is 10.3. The van der Waals surface area contributed by atoms with Crippen molar-refractivity contribution < 1.29 is 9.53 Å². The summed E-state index contributed by atoms with van der Waals surface area (Å²) in [7, 11) is 5.54. The van der Waals surface area contributed by atoms with E-state index in [-0.39, 0.29) is 18.0 Å². The van der Waals surface area contributed by atoms with Crippen LogP contribution in [-0.2, 0) is 11.2 Å². The SMILES string of the molecule is COc1ccc(-c2cc3ncc4c(n3n2)C[C@H]2CC[C@@H]4N2C(=O)CN(C)C)cc1. The van der Waals surface area contributed by atoms with Crippen LogP contribution in [0.3, 0.4) is 0 Å². The van der Waals surface area contributed by atoms with Crippen LogP contribution in [0.1, 0.15) is 30.1 Å². The Morgan fingerprint density at radius 1 is 1.24 bits per heavy atom. The third kappa shape index (κ3) is 2.97. The number of hydrogen-bond acceptors (Lipinski definition) is 5. The minimum absolute atomic E-state index is 0.113. The van der Waals surface area contributed by atoms with Crippen molar-refractivity contribution in [1.29, 1.82) is 0 Å². The van der Waals surface area contributed by atoms with Gasteiger partial charge in [0, 0.05) is 35.9 Å². The second kappa shape index (κ2) is 6.84. The fraction of sp³-hybridized carbons (Fsp3) is 0.409. The Morgan fingerprint density at radius 2 is 2.03 bits per heavy atom. The minimum Gasteiger partial charge on any atom is -0.497 e. The van der Waals surface area contributed by atoms with Gasteiger partial charge in [0.1, 0.15) is 5.75 Å². The van der Waals surface area contributed by atoms with Gasteiger partial charge in [-0.15, -0.1) is 0 Å². The standard InChI is InChI=1S/C22H25N5O2/c1-25(2)13-22(28)26-15-6-9-19(26)17-12-23-21-11-18(24-27(21)20(17)10-15)14-4-7-16(29-3)8-5-14/h4-5,7-8,11-12,15,19H,6,9-10,13H2,1-3H3/t15-,19+/m1/s1. The molecule has 0 radical (unpaired) electrons. The molecule has 2 aliphatic heterocycles. The van der Waals surface area contributed by atoms with E-state index in [9.17, 15) is 4.79 Å². The Kier molecular flexibility index (Phi) is 4.28. The number of fused-ring (bicyclic) bond motifs is 6. The first-order chi connectivity index (χ1) is 14.0. The number of likely N-dealkylation sites (N-methyl/N-ethyl adjacent to an activating group) is 1. The number of carbonyl (C=O) groups is 1. The van der Waals surface area contributed by atoms with Gasteiger partial charge in [-0.3, -0.25) is 4.79 Å². The van der Waals surface area contributed by atoms with Gasteiger partial charge in [0.2, 0.25) is 5.91 Å². The van der Waals surface area contributed by atoms with Crippen LogP contribution in [-0.4, -0.2) is 64.1 Å². The number of aromatic nitrogens is 3. The van der Waals surface area contributed by atoms with E-state index in [4.69, 9.17) is 9.84 Å². The van der Waals surface area contributed by atoms with Crippen molar-refractivity contribution in [3.63, 3.8) is 0 Å². The Bertz CT molecular complexity index is 1070. The fourth-order valence-corrected chi connectivity index (χ4v) is 4.72. The predicted molar refractivity (Wildman–Crippen MR) is 110 cm³/mol. The van der Waals surface area contributed by atoms with E-state index in [1.807, 2.05) is 60.0 Å². The Morgan fingerprint density at radius 3 is 2.76 bits per heavy atom. The zero-order chi connectivity index (χ0) is 20.1. The molecular formula is C22H25N5O2. The van der Waals surface area contributed by atoms with Crippen LogP contribution in [0.5, 0.6) is 5.75 Å². The number of amides is 1. The number of nitrogens with zero attached hydrogens (tertiary/aromatic N) is 5. The molecule has 3 aromatic rings. The molecule has 1 saturated heterocycles. The second-order valence-electron chi connectivity index (χ2n) is 8.18. The number of benzene rings is 1. The van der Waals surface area contributed by atoms with Gasteiger partial charge in [0.25, 0.3) is 0 Å². The van der Waals surface area contributed by atoms with Gasteiger partial charge >= 0.3 is 0 Å². The van der Waals surface area contributed by atoms with E-state index >= 15 is 0 Å². The molecule has 2 aromatic heterocycles. The van der Waals surface area contributed by atoms with E-state index in [0.717, 1.165) is 47.5 Å². The maximum Gasteiger partial charge on any atom is 0.237 e. The second-order valence-corrected chi connectivity index (χ2v) is 8.18. The molecule has 2 bridgehead atoms. The fourth-order valence-electron chi connectivity index (χ4n) is 4.72. The number of carbonyl (C=O) groups excluding carboxylic acids is 1. The number of rotatable bonds is 4. The lowest BCUT2D eigenvalue weighted by Gasteiger charge is -2.36. The highest BCUT2D eigenvalue weighted by Crippen LogP contribution is 2.43. The van der Waals surface area contributed by atoms with Crippen LogP contribution in [0.2, 0.25) is 0 Å². The zero-order valence-electron chi connectivity index (χ0n) is 17.0. The number of ether oxygens (including phenoxy) is 1. The summed E-state index contributed by atoms with van der Waals surface area (Å²) in [5, 5.41) is 4.87. The molecule has 29 heavy (non-hydrogen) atoms. The molecule has 1 fully saturated rings. The van der Waals surface area contributed by atoms with Crippen molar-refractivity contribution in [2.24, 2.45) is 0 Å². The maximum absolute atomic E-state index is 12.8. The molecule has 1 aromatic carbocycles. The predicted octanol–water partition coefficient (Wildman–Crippen LogP) is 2.55. The smallest absolute Gasteiger partial charge is 0.237 e. The highest BCUT2D eigenvalue weighted by atomic mass is 16.5. The molecule has 4 heterocycles. The quantitative estimate of drug-likeness (QED) is 0.684. The zero-order valence-corrected chi connectivity index (χ0v) is 17.0. The summed E-state index contributed by atoms with van der Waals surface area (Å²) in [5.74, 6) is 1.03. The Hall–Kier alpha value is -2.93. The Labute approximate surface area is 169 Å². The largest absolute Gasteiger partial charge is 0.497 e. The molecule has 150 valence electrons. The first-order valence-corrected chi connectivity index (χ1v) is 10.0. The van der Waals surface area contributed by atoms with Crippen LogP contribution in [0.15, 0.2) is 36.5 Å². The van der Waals surface area contributed by atoms with Crippen LogP contribution < -0.4 is 4.74 Å². The third-order valence-electron chi connectivity index (χ3n) is 6.03. The van der Waals surface area contributed by atoms with Gasteiger partial charge in [-0.05, 0) is 51.2 Å². The van der Waals surface area contributed by atoms with Gasteiger partial charge in [-0.1, -0.05) is 0 Å². The van der Waals surface area contributed by atoms with Crippen LogP contribution >= 0.6 is 0 Å². The summed E-state index contributed by atoms with van der Waals surface area (Å²) >= 11 is 0. The van der Waals surface area contributed by atoms with E-state index in [1.54, 1.807) is 7.11 Å². The lowest BCUT2D eigenvalue weighted by atomic mass is 9.99. The molecule has 0 saturated carbocycles. The van der Waals surface area contributed by atoms with E-state index in [2.05, 4.69) is 9.88 Å². The lowest BCUT2D eigenvalue weighted by molar-refractivity contribution is -0.135. The van der Waals surface area contributed by atoms with Gasteiger partial charge in [-0.2, -0.15) is 5.10 Å². The molecule has 1 amide bonds. The van der Waals surface area contributed by atoms with Crippen LogP contribution in [0, 0.1) is 0 Å². The molecule has 0 N–H and O–H groups in total. The Balaban J connectivity index is 1.53. The van der Waals surface area contributed by atoms with Crippen LogP contribution in [0.25, 0.3) is 16.9 Å². The van der Waals surface area contributed by atoms with Crippen molar-refractivity contribution in [3.8, 4) is 17.0 Å². The van der Waals surface area contributed by atoms with Crippen LogP contribution in [0.4, 0.5) is 0 Å². The third-order valence-corrected chi connectivity index (χ3v) is 6.03. The first kappa shape index (κ1) is 18.1. The highest BCUT2D eigenvalue weighted by molar-refractivity contribution is 5.80. The van der Waals surface area contributed by atoms with E-state index in [0.29, 0.717) is 6.54 Å². The monoisotopic (exact) mass is 391 g/mol. The summed E-state index contributed by atoms with van der Waals surface area (Å²) < 4.78 is 7.23. The van der Waals surface area contributed by atoms with Crippen molar-refractivity contribution in [3.05, 3.63) is 47.8 Å². The average Bonchev–Trinajstić information content (AvgIpc) is 3.28. The van der Waals surface area contributed by atoms with Crippen molar-refractivity contribution in [2.75, 3.05) is 27.7 Å². The molecule has 0 aliphatic carbocycles. The number of hydrogen-bond donors (Lipinski definition) is 0. The summed E-state index contributed by atoms with van der Waals surface area (Å²) in [4.78, 5) is 21.5. The molecule has 0 spiro atoms. The lowest BCUT2D eigenvalue weighted by Crippen LogP contribution is -2.46. The molecule has 5 rings (SSSR count). The molecule has 2 aliphatic rings. The van der Waals surface area contributed by atoms with Crippen molar-refractivity contribution in [2.45, 2.75) is 31.3 Å². The van der Waals surface area contributed by atoms with Gasteiger partial charge in [0.15, 0.2) is 5.65 Å². The van der Waals surface area contributed by atoms with E-state index < -0.39 is 0 Å². The molecule has 0 unspecified atom stereocenters.